The Hall–Kier alpha value is -8.26. The van der Waals surface area contributed by atoms with Crippen LogP contribution in [0.3, 0.4) is 0 Å². The molecule has 0 saturated heterocycles. The maximum absolute atomic E-state index is 2.49. The van der Waals surface area contributed by atoms with Crippen molar-refractivity contribution < 1.29 is 0 Å². The Morgan fingerprint density at radius 1 is 0.273 bits per heavy atom. The van der Waals surface area contributed by atoms with E-state index in [-0.39, 0.29) is 5.41 Å². The largest absolute Gasteiger partial charge is 0.309 e. The van der Waals surface area contributed by atoms with Crippen molar-refractivity contribution in [3.63, 3.8) is 0 Å². The zero-order valence-corrected chi connectivity index (χ0v) is 36.8. The molecule has 0 saturated carbocycles. The molecule has 1 nitrogen and oxygen atoms in total. The lowest BCUT2D eigenvalue weighted by molar-refractivity contribution is 0.661. The van der Waals surface area contributed by atoms with E-state index in [0.29, 0.717) is 0 Å². The van der Waals surface area contributed by atoms with Crippen LogP contribution < -0.4 is 0 Å². The van der Waals surface area contributed by atoms with Crippen molar-refractivity contribution in [1.82, 2.24) is 4.57 Å². The van der Waals surface area contributed by atoms with Gasteiger partial charge in [-0.15, -0.1) is 0 Å². The van der Waals surface area contributed by atoms with E-state index in [1.165, 1.54) is 132 Å². The molecule has 0 fully saturated rings. The Labute approximate surface area is 384 Å². The summed E-state index contributed by atoms with van der Waals surface area (Å²) in [5.41, 5.74) is 24.0. The molecule has 2 aliphatic rings. The Morgan fingerprint density at radius 2 is 0.727 bits per heavy atom. The van der Waals surface area contributed by atoms with Crippen molar-refractivity contribution in [2.45, 2.75) is 19.3 Å². The number of fused-ring (bicyclic) bond motifs is 16. The number of para-hydroxylation sites is 1. The Morgan fingerprint density at radius 3 is 1.30 bits per heavy atom. The summed E-state index contributed by atoms with van der Waals surface area (Å²) in [7, 11) is 0. The van der Waals surface area contributed by atoms with Gasteiger partial charge in [-0.2, -0.15) is 0 Å². The van der Waals surface area contributed by atoms with Crippen molar-refractivity contribution in [3.8, 4) is 83.6 Å². The second-order valence-corrected chi connectivity index (χ2v) is 18.7. The van der Waals surface area contributed by atoms with Gasteiger partial charge in [-0.25, -0.2) is 0 Å². The standard InChI is InChI=1S/C65H43N/c1-65(2)59-32-15-13-26-50(59)57-39-62-58(38-60(57)65)51-27-14-16-33-61(51)66(62)42-19-17-18-40(36-42)63-52-28-9-11-30-54(52)64(55-31-12-10-29-53(55)63)41-34-35-49-47-24-6-5-22-45(47)43-20-3-4-21-44(43)46-23-7-8-25-48(46)56(49)37-41/h3-39H,1-2H3. The van der Waals surface area contributed by atoms with Gasteiger partial charge in [0.2, 0.25) is 0 Å². The Kier molecular flexibility index (Phi) is 7.81. The van der Waals surface area contributed by atoms with Crippen LogP contribution >= 0.6 is 0 Å². The summed E-state index contributed by atoms with van der Waals surface area (Å²) < 4.78 is 2.49. The van der Waals surface area contributed by atoms with E-state index < -0.39 is 0 Å². The predicted octanol–water partition coefficient (Wildman–Crippen LogP) is 17.7. The molecular weight excluding hydrogens is 795 g/mol. The molecular formula is C65H43N. The monoisotopic (exact) mass is 837 g/mol. The molecule has 0 spiro atoms. The number of benzene rings is 11. The highest BCUT2D eigenvalue weighted by molar-refractivity contribution is 6.22. The fourth-order valence-corrected chi connectivity index (χ4v) is 12.0. The van der Waals surface area contributed by atoms with E-state index >= 15 is 0 Å². The number of hydrogen-bond acceptors (Lipinski definition) is 0. The van der Waals surface area contributed by atoms with Crippen LogP contribution in [0.25, 0.3) is 127 Å². The van der Waals surface area contributed by atoms with Crippen LogP contribution in [-0.2, 0) is 5.41 Å². The highest BCUT2D eigenvalue weighted by Crippen LogP contribution is 2.53. The van der Waals surface area contributed by atoms with Gasteiger partial charge >= 0.3 is 0 Å². The molecule has 0 bridgehead atoms. The average Bonchev–Trinajstić information content (AvgIpc) is 3.81. The molecule has 308 valence electrons. The third-order valence-corrected chi connectivity index (χ3v) is 15.0. The molecule has 0 amide bonds. The molecule has 0 atom stereocenters. The Balaban J connectivity index is 0.991. The first-order valence-corrected chi connectivity index (χ1v) is 23.2. The molecule has 11 aromatic carbocycles. The molecule has 1 heteroatoms. The molecule has 0 aliphatic heterocycles. The van der Waals surface area contributed by atoms with Gasteiger partial charge < -0.3 is 4.57 Å². The zero-order chi connectivity index (χ0) is 43.7. The molecule has 0 N–H and O–H groups in total. The van der Waals surface area contributed by atoms with Gasteiger partial charge in [-0.05, 0) is 147 Å². The third kappa shape index (κ3) is 5.17. The second kappa shape index (κ2) is 13.9. The van der Waals surface area contributed by atoms with Crippen LogP contribution in [0.4, 0.5) is 0 Å². The first kappa shape index (κ1) is 37.1. The summed E-state index contributed by atoms with van der Waals surface area (Å²) in [4.78, 5) is 0. The van der Waals surface area contributed by atoms with Gasteiger partial charge in [0.1, 0.15) is 0 Å². The summed E-state index contributed by atoms with van der Waals surface area (Å²) >= 11 is 0. The number of aromatic nitrogens is 1. The lowest BCUT2D eigenvalue weighted by atomic mass is 9.79. The van der Waals surface area contributed by atoms with Crippen molar-refractivity contribution in [2.75, 3.05) is 0 Å². The van der Waals surface area contributed by atoms with E-state index in [4.69, 9.17) is 0 Å². The first-order valence-electron chi connectivity index (χ1n) is 23.2. The highest BCUT2D eigenvalue weighted by Gasteiger charge is 2.36. The highest BCUT2D eigenvalue weighted by atomic mass is 15.0. The minimum absolute atomic E-state index is 0.0720. The maximum Gasteiger partial charge on any atom is 0.0547 e. The van der Waals surface area contributed by atoms with Gasteiger partial charge in [-0.1, -0.05) is 202 Å². The number of rotatable bonds is 3. The molecule has 0 unspecified atom stereocenters. The molecule has 66 heavy (non-hydrogen) atoms. The zero-order valence-electron chi connectivity index (χ0n) is 36.8. The van der Waals surface area contributed by atoms with Gasteiger partial charge in [0.25, 0.3) is 0 Å². The first-order chi connectivity index (χ1) is 32.5. The lowest BCUT2D eigenvalue weighted by Crippen LogP contribution is -2.14. The van der Waals surface area contributed by atoms with Crippen LogP contribution in [0.2, 0.25) is 0 Å². The van der Waals surface area contributed by atoms with Crippen molar-refractivity contribution in [3.05, 3.63) is 236 Å². The molecule has 14 rings (SSSR count). The van der Waals surface area contributed by atoms with Crippen LogP contribution in [0.1, 0.15) is 25.0 Å². The van der Waals surface area contributed by atoms with E-state index in [1.54, 1.807) is 0 Å². The molecule has 2 aliphatic carbocycles. The summed E-state index contributed by atoms with van der Waals surface area (Å²) in [6, 6.07) is 84.1. The van der Waals surface area contributed by atoms with Crippen molar-refractivity contribution >= 4 is 43.4 Å². The van der Waals surface area contributed by atoms with E-state index in [0.717, 1.165) is 5.69 Å². The topological polar surface area (TPSA) is 4.93 Å². The summed E-state index contributed by atoms with van der Waals surface area (Å²) in [5, 5.41) is 7.55. The van der Waals surface area contributed by atoms with Crippen molar-refractivity contribution in [1.29, 1.82) is 0 Å². The lowest BCUT2D eigenvalue weighted by Gasteiger charge is -2.24. The van der Waals surface area contributed by atoms with Crippen LogP contribution in [0, 0.1) is 0 Å². The summed E-state index contributed by atoms with van der Waals surface area (Å²) in [6.07, 6.45) is 0. The number of hydrogen-bond donors (Lipinski definition) is 0. The summed E-state index contributed by atoms with van der Waals surface area (Å²) in [5.74, 6) is 0. The smallest absolute Gasteiger partial charge is 0.0547 e. The fourth-order valence-electron chi connectivity index (χ4n) is 12.0. The second-order valence-electron chi connectivity index (χ2n) is 18.7. The van der Waals surface area contributed by atoms with E-state index in [2.05, 4.69) is 243 Å². The van der Waals surface area contributed by atoms with Crippen molar-refractivity contribution in [2.24, 2.45) is 0 Å². The van der Waals surface area contributed by atoms with Crippen LogP contribution in [-0.4, -0.2) is 4.57 Å². The molecule has 0 radical (unpaired) electrons. The third-order valence-electron chi connectivity index (χ3n) is 15.0. The quantitative estimate of drug-likeness (QED) is 0.156. The summed E-state index contributed by atoms with van der Waals surface area (Å²) in [6.45, 7) is 4.74. The molecule has 1 aromatic heterocycles. The van der Waals surface area contributed by atoms with E-state index in [1.807, 2.05) is 0 Å². The van der Waals surface area contributed by atoms with Gasteiger partial charge in [0.05, 0.1) is 11.0 Å². The van der Waals surface area contributed by atoms with Gasteiger partial charge in [0.15, 0.2) is 0 Å². The Bertz CT molecular complexity index is 3960. The molecule has 12 aromatic rings. The normalized spacial score (nSPS) is 13.1. The minimum atomic E-state index is -0.0720. The van der Waals surface area contributed by atoms with Gasteiger partial charge in [-0.3, -0.25) is 0 Å². The fraction of sp³-hybridized carbons (Fsp3) is 0.0462. The number of nitrogens with zero attached hydrogens (tertiary/aromatic N) is 1. The van der Waals surface area contributed by atoms with Crippen LogP contribution in [0.5, 0.6) is 0 Å². The van der Waals surface area contributed by atoms with Gasteiger partial charge in [0, 0.05) is 21.9 Å². The van der Waals surface area contributed by atoms with Crippen LogP contribution in [0.15, 0.2) is 224 Å². The SMILES string of the molecule is CC1(C)c2ccccc2-c2cc3c(cc21)c1ccccc1n3-c1cccc(-c2c3ccccc3c(-c3ccc4c(c3)-c3ccccc3-c3ccccc3-c3ccccc3-4)c3ccccc23)c1. The average molecular weight is 838 g/mol. The predicted molar refractivity (Wildman–Crippen MR) is 280 cm³/mol. The minimum Gasteiger partial charge on any atom is -0.309 e. The molecule has 1 heterocycles. The van der Waals surface area contributed by atoms with E-state index in [9.17, 15) is 0 Å². The maximum atomic E-state index is 2.49.